The highest BCUT2D eigenvalue weighted by Crippen LogP contribution is 2.30. The molecule has 0 atom stereocenters. The van der Waals surface area contributed by atoms with E-state index in [9.17, 15) is 4.79 Å². The summed E-state index contributed by atoms with van der Waals surface area (Å²) in [5.74, 6) is 0.330. The fourth-order valence-corrected chi connectivity index (χ4v) is 2.03. The molecule has 1 heterocycles. The molecule has 1 N–H and O–H groups in total. The number of carbonyl (C=O) groups is 1. The van der Waals surface area contributed by atoms with E-state index in [4.69, 9.17) is 11.6 Å². The number of halogens is 1. The molecule has 0 bridgehead atoms. The van der Waals surface area contributed by atoms with Crippen LogP contribution in [0.3, 0.4) is 0 Å². The Morgan fingerprint density at radius 3 is 2.89 bits per heavy atom. The van der Waals surface area contributed by atoms with Crippen molar-refractivity contribution in [2.75, 3.05) is 5.32 Å². The molecule has 3 rings (SSSR count). The van der Waals surface area contributed by atoms with Gasteiger partial charge in [0.25, 0.3) is 5.91 Å². The van der Waals surface area contributed by atoms with Crippen LogP contribution < -0.4 is 5.32 Å². The lowest BCUT2D eigenvalue weighted by atomic mass is 10.1. The van der Waals surface area contributed by atoms with Crippen LogP contribution in [0.5, 0.6) is 0 Å². The average molecular weight is 257 g/mol. The van der Waals surface area contributed by atoms with Gasteiger partial charge in [-0.3, -0.25) is 4.79 Å². The Morgan fingerprint density at radius 1 is 1.22 bits per heavy atom. The van der Waals surface area contributed by atoms with Gasteiger partial charge in [0.05, 0.1) is 5.02 Å². The lowest BCUT2D eigenvalue weighted by Crippen LogP contribution is -2.14. The third-order valence-corrected chi connectivity index (χ3v) is 3.01. The quantitative estimate of drug-likeness (QED) is 0.884. The molecule has 0 fully saturated rings. The van der Waals surface area contributed by atoms with Crippen molar-refractivity contribution in [3.8, 4) is 0 Å². The van der Waals surface area contributed by atoms with Gasteiger partial charge in [0.1, 0.15) is 5.82 Å². The van der Waals surface area contributed by atoms with E-state index < -0.39 is 0 Å². The molecule has 0 saturated heterocycles. The topological polar surface area (TPSA) is 42.0 Å². The lowest BCUT2D eigenvalue weighted by molar-refractivity contribution is -0.112. The molecule has 2 aliphatic carbocycles. The molecule has 0 aromatic carbocycles. The number of hydrogen-bond donors (Lipinski definition) is 1. The molecule has 0 unspecified atom stereocenters. The van der Waals surface area contributed by atoms with Crippen LogP contribution >= 0.6 is 11.6 Å². The van der Waals surface area contributed by atoms with Gasteiger partial charge in [-0.05, 0) is 29.4 Å². The number of aromatic nitrogens is 1. The van der Waals surface area contributed by atoms with Gasteiger partial charge in [0.2, 0.25) is 0 Å². The standard InChI is InChI=1S/C14H9ClN2O/c15-10-5-7-13(16-8-10)17-14(18)12-6-4-9-2-1-3-11(9)12/h1-8H,(H,16,17,18). The summed E-state index contributed by atoms with van der Waals surface area (Å²) in [7, 11) is 0. The zero-order valence-electron chi connectivity index (χ0n) is 9.35. The van der Waals surface area contributed by atoms with Crippen molar-refractivity contribution in [2.45, 2.75) is 0 Å². The number of fused-ring (bicyclic) bond motifs is 1. The van der Waals surface area contributed by atoms with Crippen LogP contribution in [-0.2, 0) is 4.79 Å². The maximum atomic E-state index is 12.1. The number of allylic oxidation sites excluding steroid dienone is 6. The van der Waals surface area contributed by atoms with Gasteiger partial charge >= 0.3 is 0 Å². The van der Waals surface area contributed by atoms with Crippen molar-refractivity contribution >= 4 is 23.3 Å². The van der Waals surface area contributed by atoms with E-state index in [2.05, 4.69) is 10.3 Å². The van der Waals surface area contributed by atoms with Crippen LogP contribution in [0.25, 0.3) is 0 Å². The fraction of sp³-hybridized carbons (Fsp3) is 0. The Balaban J connectivity index is 1.83. The maximum absolute atomic E-state index is 12.1. The predicted octanol–water partition coefficient (Wildman–Crippen LogP) is 3.04. The molecule has 18 heavy (non-hydrogen) atoms. The smallest absolute Gasteiger partial charge is 0.257 e. The number of nitrogens with one attached hydrogen (secondary N) is 1. The number of amides is 1. The lowest BCUT2D eigenvalue weighted by Gasteiger charge is -2.05. The second-order valence-corrected chi connectivity index (χ2v) is 4.39. The fourth-order valence-electron chi connectivity index (χ4n) is 1.92. The van der Waals surface area contributed by atoms with E-state index in [1.165, 1.54) is 6.20 Å². The first-order chi connectivity index (χ1) is 8.74. The van der Waals surface area contributed by atoms with E-state index in [1.807, 2.05) is 30.4 Å². The van der Waals surface area contributed by atoms with Gasteiger partial charge in [-0.15, -0.1) is 0 Å². The number of nitrogens with zero attached hydrogens (tertiary/aromatic N) is 1. The summed E-state index contributed by atoms with van der Waals surface area (Å²) in [6, 6.07) is 3.36. The van der Waals surface area contributed by atoms with Crippen LogP contribution in [0.4, 0.5) is 5.82 Å². The maximum Gasteiger partial charge on any atom is 0.257 e. The summed E-state index contributed by atoms with van der Waals surface area (Å²) in [4.78, 5) is 16.1. The Bertz CT molecular complexity index is 636. The summed E-state index contributed by atoms with van der Waals surface area (Å²) >= 11 is 5.74. The van der Waals surface area contributed by atoms with Crippen molar-refractivity contribution in [2.24, 2.45) is 0 Å². The van der Waals surface area contributed by atoms with Gasteiger partial charge in [-0.1, -0.05) is 35.9 Å². The zero-order chi connectivity index (χ0) is 12.5. The highest BCUT2D eigenvalue weighted by Gasteiger charge is 2.20. The van der Waals surface area contributed by atoms with Crippen LogP contribution in [0.2, 0.25) is 5.02 Å². The molecule has 1 amide bonds. The van der Waals surface area contributed by atoms with E-state index in [-0.39, 0.29) is 5.91 Å². The third kappa shape index (κ3) is 1.89. The van der Waals surface area contributed by atoms with Crippen molar-refractivity contribution in [1.82, 2.24) is 4.98 Å². The number of hydrogen-bond acceptors (Lipinski definition) is 2. The van der Waals surface area contributed by atoms with Crippen molar-refractivity contribution in [1.29, 1.82) is 0 Å². The highest BCUT2D eigenvalue weighted by molar-refractivity contribution is 6.30. The molecule has 0 aliphatic heterocycles. The molecular weight excluding hydrogens is 248 g/mol. The minimum absolute atomic E-state index is 0.161. The molecular formula is C14H9ClN2O. The largest absolute Gasteiger partial charge is 0.307 e. The minimum Gasteiger partial charge on any atom is -0.307 e. The van der Waals surface area contributed by atoms with E-state index in [1.54, 1.807) is 12.1 Å². The minimum atomic E-state index is -0.161. The Morgan fingerprint density at radius 2 is 2.11 bits per heavy atom. The second kappa shape index (κ2) is 4.27. The van der Waals surface area contributed by atoms with Crippen LogP contribution in [0.15, 0.2) is 65.4 Å². The number of pyridine rings is 1. The summed E-state index contributed by atoms with van der Waals surface area (Å²) in [5.41, 5.74) is 2.69. The van der Waals surface area contributed by atoms with Gasteiger partial charge in [0, 0.05) is 11.8 Å². The Kier molecular flexibility index (Phi) is 2.61. The molecule has 3 nitrogen and oxygen atoms in total. The molecule has 0 saturated carbocycles. The van der Waals surface area contributed by atoms with E-state index >= 15 is 0 Å². The van der Waals surface area contributed by atoms with Gasteiger partial charge < -0.3 is 5.32 Å². The van der Waals surface area contributed by atoms with E-state index in [0.29, 0.717) is 16.4 Å². The SMILES string of the molecule is O=C(Nc1ccc(Cl)cn1)C1=C2C=CC=C2C=C1. The molecule has 1 aromatic heterocycles. The summed E-state index contributed by atoms with van der Waals surface area (Å²) in [6.07, 6.45) is 11.1. The third-order valence-electron chi connectivity index (χ3n) is 2.78. The molecule has 0 radical (unpaired) electrons. The Labute approximate surface area is 109 Å². The van der Waals surface area contributed by atoms with Gasteiger partial charge in [0.15, 0.2) is 0 Å². The van der Waals surface area contributed by atoms with Crippen molar-refractivity contribution in [3.63, 3.8) is 0 Å². The highest BCUT2D eigenvalue weighted by atomic mass is 35.5. The molecule has 88 valence electrons. The normalized spacial score (nSPS) is 15.9. The van der Waals surface area contributed by atoms with Crippen molar-refractivity contribution in [3.05, 3.63) is 70.5 Å². The first-order valence-electron chi connectivity index (χ1n) is 5.48. The summed E-state index contributed by atoms with van der Waals surface area (Å²) < 4.78 is 0. The number of rotatable bonds is 2. The average Bonchev–Trinajstić information content (AvgIpc) is 2.93. The van der Waals surface area contributed by atoms with Crippen LogP contribution in [0.1, 0.15) is 0 Å². The van der Waals surface area contributed by atoms with Crippen LogP contribution in [-0.4, -0.2) is 10.9 Å². The van der Waals surface area contributed by atoms with Gasteiger partial charge in [-0.2, -0.15) is 0 Å². The zero-order valence-corrected chi connectivity index (χ0v) is 10.1. The first-order valence-corrected chi connectivity index (χ1v) is 5.86. The second-order valence-electron chi connectivity index (χ2n) is 3.96. The van der Waals surface area contributed by atoms with Gasteiger partial charge in [-0.25, -0.2) is 4.98 Å². The number of carbonyl (C=O) groups excluding carboxylic acids is 1. The molecule has 0 spiro atoms. The monoisotopic (exact) mass is 256 g/mol. The number of anilines is 1. The Hall–Kier alpha value is -2.13. The summed E-state index contributed by atoms with van der Waals surface area (Å²) in [6.45, 7) is 0. The van der Waals surface area contributed by atoms with E-state index in [0.717, 1.165) is 11.1 Å². The predicted molar refractivity (Wildman–Crippen MR) is 71.3 cm³/mol. The first kappa shape index (κ1) is 11.0. The summed E-state index contributed by atoms with van der Waals surface area (Å²) in [5, 5.41) is 3.29. The van der Waals surface area contributed by atoms with Crippen LogP contribution in [0, 0.1) is 0 Å². The van der Waals surface area contributed by atoms with Crippen molar-refractivity contribution < 1.29 is 4.79 Å². The molecule has 4 heteroatoms. The molecule has 2 aliphatic rings. The molecule has 1 aromatic rings.